The number of nitrogens with zero attached hydrogens (tertiary/aromatic N) is 1. The predicted octanol–water partition coefficient (Wildman–Crippen LogP) is -0.307. The summed E-state index contributed by atoms with van der Waals surface area (Å²) in [6.07, 6.45) is -1.98. The number of amides is 2. The van der Waals surface area contributed by atoms with Gasteiger partial charge in [0.2, 0.25) is 5.91 Å². The number of hydrogen-bond donors (Lipinski definition) is 6. The van der Waals surface area contributed by atoms with Gasteiger partial charge in [0.15, 0.2) is 5.96 Å². The van der Waals surface area contributed by atoms with Crippen molar-refractivity contribution in [2.24, 2.45) is 16.5 Å². The molecule has 0 radical (unpaired) electrons. The normalized spacial score (nSPS) is 11.8. The van der Waals surface area contributed by atoms with Crippen LogP contribution in [0.2, 0.25) is 0 Å². The summed E-state index contributed by atoms with van der Waals surface area (Å²) in [5.74, 6) is 2.60. The minimum absolute atomic E-state index is 0.166. The van der Waals surface area contributed by atoms with E-state index in [2.05, 4.69) is 27.5 Å². The molecule has 0 fully saturated rings. The molecule has 2 atom stereocenters. The second-order valence-corrected chi connectivity index (χ2v) is 6.62. The van der Waals surface area contributed by atoms with Crippen LogP contribution in [0.15, 0.2) is 59.6 Å². The molecule has 8 N–H and O–H groups in total. The summed E-state index contributed by atoms with van der Waals surface area (Å²) < 4.78 is 0. The van der Waals surface area contributed by atoms with Crippen LogP contribution in [-0.4, -0.2) is 52.6 Å². The number of guanidine groups is 1. The summed E-state index contributed by atoms with van der Waals surface area (Å²) in [6.45, 7) is -0.444. The largest absolute Gasteiger partial charge is 0.481 e. The van der Waals surface area contributed by atoms with Crippen LogP contribution in [0.25, 0.3) is 0 Å². The molecular formula is C22H23N5O5. The number of carboxylic acid groups (broad SMARTS) is 1. The quantitative estimate of drug-likeness (QED) is 0.186. The van der Waals surface area contributed by atoms with Crippen LogP contribution < -0.4 is 22.1 Å². The molecule has 2 aromatic carbocycles. The molecular weight excluding hydrogens is 414 g/mol. The fraction of sp³-hybridized carbons (Fsp3) is 0.182. The topological polar surface area (TPSA) is 180 Å². The average molecular weight is 437 g/mol. The second kappa shape index (κ2) is 11.7. The zero-order valence-electron chi connectivity index (χ0n) is 17.0. The first-order chi connectivity index (χ1) is 15.2. The Morgan fingerprint density at radius 2 is 1.78 bits per heavy atom. The third kappa shape index (κ3) is 8.17. The first-order valence-electron chi connectivity index (χ1n) is 9.48. The Labute approximate surface area is 184 Å². The molecule has 10 nitrogen and oxygen atoms in total. The van der Waals surface area contributed by atoms with Crippen molar-refractivity contribution in [3.8, 4) is 11.8 Å². The lowest BCUT2D eigenvalue weighted by atomic mass is 10.1. The summed E-state index contributed by atoms with van der Waals surface area (Å²) >= 11 is 0. The minimum Gasteiger partial charge on any atom is -0.481 e. The van der Waals surface area contributed by atoms with Gasteiger partial charge in [-0.25, -0.2) is 4.99 Å². The van der Waals surface area contributed by atoms with E-state index < -0.39 is 42.9 Å². The molecule has 0 bridgehead atoms. The Hall–Kier alpha value is -4.36. The van der Waals surface area contributed by atoms with Crippen molar-refractivity contribution in [2.45, 2.75) is 18.6 Å². The SMILES string of the molecule is NC(N)=Nc1cccc(C(=O)NCC(=O)NC(CC(=O)O)C(O)C#Cc2ccccc2)c1. The highest BCUT2D eigenvalue weighted by Gasteiger charge is 2.23. The van der Waals surface area contributed by atoms with E-state index in [9.17, 15) is 19.5 Å². The van der Waals surface area contributed by atoms with Gasteiger partial charge in [-0.3, -0.25) is 14.4 Å². The highest BCUT2D eigenvalue weighted by molar-refractivity contribution is 5.97. The fourth-order valence-electron chi connectivity index (χ4n) is 2.60. The first-order valence-corrected chi connectivity index (χ1v) is 9.48. The Bertz CT molecular complexity index is 1060. The Morgan fingerprint density at radius 3 is 2.44 bits per heavy atom. The maximum Gasteiger partial charge on any atom is 0.305 e. The van der Waals surface area contributed by atoms with Gasteiger partial charge in [0, 0.05) is 11.1 Å². The third-order valence-corrected chi connectivity index (χ3v) is 4.04. The van der Waals surface area contributed by atoms with Crippen molar-refractivity contribution >= 4 is 29.4 Å². The Balaban J connectivity index is 1.98. The number of aliphatic hydroxyl groups excluding tert-OH is 1. The number of carbonyl (C=O) groups excluding carboxylic acids is 2. The van der Waals surface area contributed by atoms with E-state index in [1.54, 1.807) is 42.5 Å². The summed E-state index contributed by atoms with van der Waals surface area (Å²) in [4.78, 5) is 39.5. The maximum absolute atomic E-state index is 12.3. The molecule has 0 saturated carbocycles. The van der Waals surface area contributed by atoms with Gasteiger partial charge >= 0.3 is 5.97 Å². The number of hydrogen-bond acceptors (Lipinski definition) is 5. The van der Waals surface area contributed by atoms with E-state index in [1.807, 2.05) is 0 Å². The number of rotatable bonds is 8. The van der Waals surface area contributed by atoms with Crippen molar-refractivity contribution in [1.82, 2.24) is 10.6 Å². The summed E-state index contributed by atoms with van der Waals surface area (Å²) in [7, 11) is 0. The van der Waals surface area contributed by atoms with Crippen molar-refractivity contribution in [2.75, 3.05) is 6.54 Å². The lowest BCUT2D eigenvalue weighted by Crippen LogP contribution is -2.47. The summed E-state index contributed by atoms with van der Waals surface area (Å²) in [5, 5.41) is 24.1. The molecule has 32 heavy (non-hydrogen) atoms. The highest BCUT2D eigenvalue weighted by atomic mass is 16.4. The van der Waals surface area contributed by atoms with E-state index in [1.165, 1.54) is 12.1 Å². The molecule has 2 rings (SSSR count). The van der Waals surface area contributed by atoms with Crippen molar-refractivity contribution < 1.29 is 24.6 Å². The van der Waals surface area contributed by atoms with Crippen molar-refractivity contribution in [3.05, 3.63) is 65.7 Å². The molecule has 2 amide bonds. The third-order valence-electron chi connectivity index (χ3n) is 4.04. The summed E-state index contributed by atoms with van der Waals surface area (Å²) in [6, 6.07) is 13.7. The van der Waals surface area contributed by atoms with Gasteiger partial charge in [0.25, 0.3) is 5.91 Å². The predicted molar refractivity (Wildman–Crippen MR) is 118 cm³/mol. The van der Waals surface area contributed by atoms with E-state index >= 15 is 0 Å². The molecule has 0 aliphatic heterocycles. The van der Waals surface area contributed by atoms with E-state index in [0.717, 1.165) is 0 Å². The van der Waals surface area contributed by atoms with Gasteiger partial charge in [-0.1, -0.05) is 36.1 Å². The van der Waals surface area contributed by atoms with Gasteiger partial charge in [0.05, 0.1) is 24.7 Å². The van der Waals surface area contributed by atoms with Crippen molar-refractivity contribution in [1.29, 1.82) is 0 Å². The zero-order chi connectivity index (χ0) is 23.5. The lowest BCUT2D eigenvalue weighted by Gasteiger charge is -2.19. The van der Waals surface area contributed by atoms with Crippen LogP contribution in [0, 0.1) is 11.8 Å². The summed E-state index contributed by atoms with van der Waals surface area (Å²) in [5.41, 5.74) is 11.8. The minimum atomic E-state index is -1.43. The number of carbonyl (C=O) groups is 3. The van der Waals surface area contributed by atoms with Gasteiger partial charge < -0.3 is 32.3 Å². The van der Waals surface area contributed by atoms with Crippen LogP contribution in [-0.2, 0) is 9.59 Å². The number of nitrogens with one attached hydrogen (secondary N) is 2. The second-order valence-electron chi connectivity index (χ2n) is 6.62. The zero-order valence-corrected chi connectivity index (χ0v) is 17.0. The highest BCUT2D eigenvalue weighted by Crippen LogP contribution is 2.13. The smallest absolute Gasteiger partial charge is 0.305 e. The maximum atomic E-state index is 12.3. The number of aliphatic carboxylic acids is 1. The average Bonchev–Trinajstić information content (AvgIpc) is 2.75. The molecule has 0 heterocycles. The lowest BCUT2D eigenvalue weighted by molar-refractivity contribution is -0.138. The Morgan fingerprint density at radius 1 is 1.06 bits per heavy atom. The molecule has 2 unspecified atom stereocenters. The number of aliphatic imine (C=N–C) groups is 1. The van der Waals surface area contributed by atoms with Gasteiger partial charge in [-0.05, 0) is 30.3 Å². The Kier molecular flexibility index (Phi) is 8.77. The number of benzene rings is 2. The van der Waals surface area contributed by atoms with Crippen molar-refractivity contribution in [3.63, 3.8) is 0 Å². The number of aliphatic hydroxyl groups is 1. The van der Waals surface area contributed by atoms with E-state index in [0.29, 0.717) is 11.3 Å². The fourth-order valence-corrected chi connectivity index (χ4v) is 2.60. The van der Waals surface area contributed by atoms with Gasteiger partial charge in [-0.15, -0.1) is 0 Å². The first kappa shape index (κ1) is 23.9. The number of carboxylic acids is 1. The molecule has 10 heteroatoms. The standard InChI is InChI=1S/C22H23N5O5/c23-22(24)26-16-8-4-7-15(11-16)21(32)25-13-19(29)27-17(12-20(30)31)18(28)10-9-14-5-2-1-3-6-14/h1-8,11,17-18,28H,12-13H2,(H,25,32)(H,27,29)(H,30,31)(H4,23,24,26). The monoisotopic (exact) mass is 437 g/mol. The molecule has 166 valence electrons. The van der Waals surface area contributed by atoms with Crippen LogP contribution >= 0.6 is 0 Å². The molecule has 2 aromatic rings. The molecule has 0 aliphatic rings. The van der Waals surface area contributed by atoms with Crippen LogP contribution in [0.3, 0.4) is 0 Å². The molecule has 0 aliphatic carbocycles. The van der Waals surface area contributed by atoms with Crippen LogP contribution in [0.1, 0.15) is 22.3 Å². The van der Waals surface area contributed by atoms with Gasteiger partial charge in [0.1, 0.15) is 6.10 Å². The van der Waals surface area contributed by atoms with Crippen LogP contribution in [0.4, 0.5) is 5.69 Å². The molecule has 0 saturated heterocycles. The molecule has 0 spiro atoms. The molecule has 0 aromatic heterocycles. The van der Waals surface area contributed by atoms with E-state index in [-0.39, 0.29) is 11.5 Å². The number of nitrogens with two attached hydrogens (primary N) is 2. The van der Waals surface area contributed by atoms with Gasteiger partial charge in [-0.2, -0.15) is 0 Å². The van der Waals surface area contributed by atoms with E-state index in [4.69, 9.17) is 16.6 Å². The van der Waals surface area contributed by atoms with Crippen LogP contribution in [0.5, 0.6) is 0 Å².